The Bertz CT molecular complexity index is 1130. The molecule has 1 aromatic heterocycles. The van der Waals surface area contributed by atoms with Gasteiger partial charge in [0.25, 0.3) is 5.91 Å². The van der Waals surface area contributed by atoms with E-state index in [-0.39, 0.29) is 37.6 Å². The summed E-state index contributed by atoms with van der Waals surface area (Å²) in [4.78, 5) is 28.8. The van der Waals surface area contributed by atoms with E-state index < -0.39 is 0 Å². The second kappa shape index (κ2) is 8.03. The van der Waals surface area contributed by atoms with Gasteiger partial charge in [0.05, 0.1) is 12.2 Å². The Morgan fingerprint density at radius 2 is 1.90 bits per heavy atom. The largest absolute Gasteiger partial charge is 0.482 e. The summed E-state index contributed by atoms with van der Waals surface area (Å²) in [7, 11) is 0. The number of halogens is 1. The van der Waals surface area contributed by atoms with Gasteiger partial charge in [0, 0.05) is 16.6 Å². The summed E-state index contributed by atoms with van der Waals surface area (Å²) in [5.74, 6) is 0.896. The Hall–Kier alpha value is -3.39. The van der Waals surface area contributed by atoms with Gasteiger partial charge in [0.1, 0.15) is 12.3 Å². The van der Waals surface area contributed by atoms with Crippen LogP contribution < -0.4 is 9.64 Å². The van der Waals surface area contributed by atoms with Crippen LogP contribution in [0.2, 0.25) is 5.02 Å². The predicted molar refractivity (Wildman–Crippen MR) is 113 cm³/mol. The monoisotopic (exact) mass is 438 g/mol. The molecule has 5 rings (SSSR count). The molecular weight excluding hydrogens is 420 g/mol. The Morgan fingerprint density at radius 1 is 1.13 bits per heavy atom. The topological polar surface area (TPSA) is 88.8 Å². The van der Waals surface area contributed by atoms with Crippen molar-refractivity contribution in [2.24, 2.45) is 0 Å². The zero-order valence-corrected chi connectivity index (χ0v) is 17.3. The summed E-state index contributed by atoms with van der Waals surface area (Å²) in [6.07, 6.45) is 1.83. The van der Waals surface area contributed by atoms with E-state index in [0.29, 0.717) is 28.2 Å². The number of amides is 2. The summed E-state index contributed by atoms with van der Waals surface area (Å²) in [6, 6.07) is 14.4. The average Bonchev–Trinajstić information content (AvgIpc) is 3.52. The van der Waals surface area contributed by atoms with Crippen molar-refractivity contribution in [3.8, 4) is 17.2 Å². The third-order valence-electron chi connectivity index (χ3n) is 5.27. The molecule has 1 saturated carbocycles. The third kappa shape index (κ3) is 4.11. The average molecular weight is 439 g/mol. The molecule has 0 unspecified atom stereocenters. The second-order valence-corrected chi connectivity index (χ2v) is 7.93. The number of aromatic nitrogens is 2. The van der Waals surface area contributed by atoms with Crippen LogP contribution in [-0.2, 0) is 16.1 Å². The highest BCUT2D eigenvalue weighted by atomic mass is 35.5. The van der Waals surface area contributed by atoms with Crippen LogP contribution in [0.1, 0.15) is 18.7 Å². The van der Waals surface area contributed by atoms with Crippen molar-refractivity contribution in [1.29, 1.82) is 0 Å². The minimum atomic E-state index is -0.245. The van der Waals surface area contributed by atoms with Gasteiger partial charge in [-0.1, -0.05) is 23.7 Å². The number of nitrogens with zero attached hydrogens (tertiary/aromatic N) is 4. The minimum absolute atomic E-state index is 0.0616. The van der Waals surface area contributed by atoms with Gasteiger partial charge in [-0.05, 0) is 49.2 Å². The minimum Gasteiger partial charge on any atom is -0.482 e. The first-order valence-corrected chi connectivity index (χ1v) is 10.4. The lowest BCUT2D eigenvalue weighted by atomic mass is 10.2. The molecule has 0 saturated heterocycles. The van der Waals surface area contributed by atoms with Crippen molar-refractivity contribution in [3.63, 3.8) is 0 Å². The first kappa shape index (κ1) is 19.6. The molecule has 2 amide bonds. The Labute approximate surface area is 183 Å². The van der Waals surface area contributed by atoms with Gasteiger partial charge < -0.3 is 14.1 Å². The molecule has 31 heavy (non-hydrogen) atoms. The molecule has 9 heteroatoms. The molecule has 8 nitrogen and oxygen atoms in total. The maximum atomic E-state index is 13.2. The van der Waals surface area contributed by atoms with Crippen LogP contribution in [0, 0.1) is 0 Å². The number of ether oxygens (including phenoxy) is 1. The van der Waals surface area contributed by atoms with Crippen molar-refractivity contribution in [3.05, 3.63) is 59.4 Å². The van der Waals surface area contributed by atoms with Gasteiger partial charge in [-0.15, -0.1) is 10.2 Å². The standard InChI is InChI=1S/C22H19ClN4O4/c23-15-7-5-14(6-8-15)22-25-24-19(31-22)11-26(16-9-10-16)20(28)12-27-17-3-1-2-4-18(17)30-13-21(27)29/h1-8,16H,9-13H2. The zero-order chi connectivity index (χ0) is 21.4. The quantitative estimate of drug-likeness (QED) is 0.586. The van der Waals surface area contributed by atoms with Crippen LogP contribution >= 0.6 is 11.6 Å². The SMILES string of the molecule is O=C1COc2ccccc2N1CC(=O)N(Cc1nnc(-c2ccc(Cl)cc2)o1)C1CC1. The first-order valence-electron chi connectivity index (χ1n) is 9.98. The van der Waals surface area contributed by atoms with Gasteiger partial charge >= 0.3 is 0 Å². The van der Waals surface area contributed by atoms with Crippen molar-refractivity contribution >= 4 is 29.1 Å². The van der Waals surface area contributed by atoms with Crippen molar-refractivity contribution in [2.45, 2.75) is 25.4 Å². The number of hydrogen-bond donors (Lipinski definition) is 0. The molecule has 0 N–H and O–H groups in total. The molecule has 2 aromatic carbocycles. The number of para-hydroxylation sites is 2. The lowest BCUT2D eigenvalue weighted by molar-refractivity contribution is -0.133. The molecule has 0 radical (unpaired) electrons. The molecule has 1 fully saturated rings. The van der Waals surface area contributed by atoms with E-state index in [0.717, 1.165) is 18.4 Å². The number of anilines is 1. The maximum absolute atomic E-state index is 13.2. The molecule has 0 atom stereocenters. The van der Waals surface area contributed by atoms with E-state index in [1.165, 1.54) is 4.90 Å². The van der Waals surface area contributed by atoms with Crippen LogP contribution in [0.5, 0.6) is 5.75 Å². The first-order chi connectivity index (χ1) is 15.1. The number of carbonyl (C=O) groups is 2. The highest BCUT2D eigenvalue weighted by molar-refractivity contribution is 6.30. The van der Waals surface area contributed by atoms with Crippen LogP contribution in [0.25, 0.3) is 11.5 Å². The van der Waals surface area contributed by atoms with Gasteiger partial charge in [0.2, 0.25) is 17.7 Å². The number of benzene rings is 2. The fraction of sp³-hybridized carbons (Fsp3) is 0.273. The lowest BCUT2D eigenvalue weighted by Gasteiger charge is -2.31. The van der Waals surface area contributed by atoms with E-state index in [4.69, 9.17) is 20.8 Å². The van der Waals surface area contributed by atoms with Gasteiger partial charge in [-0.25, -0.2) is 0 Å². The highest BCUT2D eigenvalue weighted by Gasteiger charge is 2.36. The van der Waals surface area contributed by atoms with E-state index in [1.807, 2.05) is 12.1 Å². The maximum Gasteiger partial charge on any atom is 0.265 e. The lowest BCUT2D eigenvalue weighted by Crippen LogP contribution is -2.46. The van der Waals surface area contributed by atoms with E-state index in [1.54, 1.807) is 41.3 Å². The van der Waals surface area contributed by atoms with Crippen LogP contribution in [0.3, 0.4) is 0 Å². The normalized spacial score (nSPS) is 15.4. The highest BCUT2D eigenvalue weighted by Crippen LogP contribution is 2.33. The zero-order valence-electron chi connectivity index (χ0n) is 16.5. The van der Waals surface area contributed by atoms with Crippen LogP contribution in [0.15, 0.2) is 52.9 Å². The van der Waals surface area contributed by atoms with Crippen molar-refractivity contribution in [1.82, 2.24) is 15.1 Å². The Balaban J connectivity index is 1.32. The number of carbonyl (C=O) groups excluding carboxylic acids is 2. The summed E-state index contributed by atoms with van der Waals surface area (Å²) in [6.45, 7) is 0.0555. The van der Waals surface area contributed by atoms with E-state index in [9.17, 15) is 9.59 Å². The molecule has 0 bridgehead atoms. The number of fused-ring (bicyclic) bond motifs is 1. The van der Waals surface area contributed by atoms with Crippen LogP contribution in [-0.4, -0.2) is 46.1 Å². The van der Waals surface area contributed by atoms with Gasteiger partial charge in [0.15, 0.2) is 6.61 Å². The van der Waals surface area contributed by atoms with Gasteiger partial charge in [-0.2, -0.15) is 0 Å². The summed E-state index contributed by atoms with van der Waals surface area (Å²) < 4.78 is 11.2. The smallest absolute Gasteiger partial charge is 0.265 e. The number of rotatable bonds is 6. The van der Waals surface area contributed by atoms with E-state index in [2.05, 4.69) is 10.2 Å². The summed E-state index contributed by atoms with van der Waals surface area (Å²) in [5, 5.41) is 8.81. The molecule has 1 aliphatic heterocycles. The molecule has 0 spiro atoms. The molecule has 2 aliphatic rings. The molecule has 2 heterocycles. The number of hydrogen-bond acceptors (Lipinski definition) is 6. The summed E-state index contributed by atoms with van der Waals surface area (Å²) >= 11 is 5.93. The fourth-order valence-corrected chi connectivity index (χ4v) is 3.66. The molecule has 158 valence electrons. The molecule has 1 aliphatic carbocycles. The Morgan fingerprint density at radius 3 is 2.68 bits per heavy atom. The summed E-state index contributed by atoms with van der Waals surface area (Å²) in [5.41, 5.74) is 1.36. The molecule has 3 aromatic rings. The van der Waals surface area contributed by atoms with Crippen molar-refractivity contribution < 1.29 is 18.7 Å². The fourth-order valence-electron chi connectivity index (χ4n) is 3.53. The Kier molecular flexibility index (Phi) is 5.07. The van der Waals surface area contributed by atoms with E-state index >= 15 is 0 Å². The van der Waals surface area contributed by atoms with Gasteiger partial charge in [-0.3, -0.25) is 14.5 Å². The van der Waals surface area contributed by atoms with Crippen molar-refractivity contribution in [2.75, 3.05) is 18.1 Å². The molecular formula is C22H19ClN4O4. The predicted octanol–water partition coefficient (Wildman–Crippen LogP) is 3.31. The van der Waals surface area contributed by atoms with Crippen LogP contribution in [0.4, 0.5) is 5.69 Å². The third-order valence-corrected chi connectivity index (χ3v) is 5.53. The second-order valence-electron chi connectivity index (χ2n) is 7.50.